The highest BCUT2D eigenvalue weighted by atomic mass is 16.5. The minimum atomic E-state index is 0.793. The van der Waals surface area contributed by atoms with Crippen molar-refractivity contribution in [1.29, 1.82) is 0 Å². The number of hydrogen-bond donors (Lipinski definition) is 1. The maximum Gasteiger partial charge on any atom is 0.205 e. The fraction of sp³-hybridized carbons (Fsp3) is 0.750. The van der Waals surface area contributed by atoms with Gasteiger partial charge in [-0.15, -0.1) is 0 Å². The van der Waals surface area contributed by atoms with Crippen LogP contribution in [0.4, 0.5) is 5.95 Å². The quantitative estimate of drug-likeness (QED) is 0.653. The Hall–Kier alpha value is -1.07. The number of aromatic nitrogens is 2. The van der Waals surface area contributed by atoms with Crippen molar-refractivity contribution in [2.75, 3.05) is 45.8 Å². The van der Waals surface area contributed by atoms with E-state index < -0.39 is 0 Å². The van der Waals surface area contributed by atoms with Gasteiger partial charge in [-0.25, -0.2) is 4.98 Å². The lowest BCUT2D eigenvalue weighted by Crippen LogP contribution is -2.25. The SMILES string of the molecule is CNCCCN(C)c1nccn1CCCOC. The molecule has 98 valence electrons. The largest absolute Gasteiger partial charge is 0.385 e. The summed E-state index contributed by atoms with van der Waals surface area (Å²) in [6, 6.07) is 0. The molecule has 0 aliphatic heterocycles. The molecule has 5 nitrogen and oxygen atoms in total. The van der Waals surface area contributed by atoms with Gasteiger partial charge in [0.2, 0.25) is 5.95 Å². The Morgan fingerprint density at radius 1 is 1.47 bits per heavy atom. The van der Waals surface area contributed by atoms with Crippen LogP contribution in [0.1, 0.15) is 12.8 Å². The van der Waals surface area contributed by atoms with Gasteiger partial charge in [0, 0.05) is 46.2 Å². The zero-order chi connectivity index (χ0) is 12.5. The first-order chi connectivity index (χ1) is 8.29. The first-order valence-corrected chi connectivity index (χ1v) is 6.15. The van der Waals surface area contributed by atoms with E-state index in [4.69, 9.17) is 4.74 Å². The second kappa shape index (κ2) is 8.08. The second-order valence-corrected chi connectivity index (χ2v) is 4.15. The lowest BCUT2D eigenvalue weighted by molar-refractivity contribution is 0.190. The maximum absolute atomic E-state index is 5.06. The molecule has 0 saturated carbocycles. The molecule has 1 aromatic heterocycles. The predicted molar refractivity (Wildman–Crippen MR) is 70.5 cm³/mol. The molecular formula is C12H24N4O. The Labute approximate surface area is 104 Å². The zero-order valence-corrected chi connectivity index (χ0v) is 11.1. The summed E-state index contributed by atoms with van der Waals surface area (Å²) in [4.78, 5) is 6.60. The number of imidazole rings is 1. The molecular weight excluding hydrogens is 216 g/mol. The fourth-order valence-corrected chi connectivity index (χ4v) is 1.79. The molecule has 0 aliphatic rings. The van der Waals surface area contributed by atoms with Gasteiger partial charge < -0.3 is 19.5 Å². The monoisotopic (exact) mass is 240 g/mol. The molecule has 0 aromatic carbocycles. The molecule has 0 bridgehead atoms. The van der Waals surface area contributed by atoms with E-state index >= 15 is 0 Å². The minimum absolute atomic E-state index is 0.793. The molecule has 1 heterocycles. The number of anilines is 1. The van der Waals surface area contributed by atoms with Gasteiger partial charge in [0.1, 0.15) is 0 Å². The zero-order valence-electron chi connectivity index (χ0n) is 11.1. The van der Waals surface area contributed by atoms with Gasteiger partial charge in [-0.1, -0.05) is 0 Å². The molecule has 0 saturated heterocycles. The van der Waals surface area contributed by atoms with Crippen molar-refractivity contribution in [3.63, 3.8) is 0 Å². The van der Waals surface area contributed by atoms with Crippen molar-refractivity contribution in [3.05, 3.63) is 12.4 Å². The smallest absolute Gasteiger partial charge is 0.205 e. The lowest BCUT2D eigenvalue weighted by atomic mass is 10.4. The van der Waals surface area contributed by atoms with Gasteiger partial charge in [-0.05, 0) is 26.4 Å². The van der Waals surface area contributed by atoms with Crippen LogP contribution in [-0.4, -0.2) is 50.5 Å². The highest BCUT2D eigenvalue weighted by Crippen LogP contribution is 2.10. The van der Waals surface area contributed by atoms with Gasteiger partial charge in [0.15, 0.2) is 0 Å². The van der Waals surface area contributed by atoms with Crippen molar-refractivity contribution in [2.45, 2.75) is 19.4 Å². The summed E-state index contributed by atoms with van der Waals surface area (Å²) in [5.74, 6) is 1.04. The van der Waals surface area contributed by atoms with Crippen LogP contribution in [0.3, 0.4) is 0 Å². The van der Waals surface area contributed by atoms with Crippen LogP contribution in [0, 0.1) is 0 Å². The summed E-state index contributed by atoms with van der Waals surface area (Å²) in [7, 11) is 5.80. The first-order valence-electron chi connectivity index (χ1n) is 6.15. The van der Waals surface area contributed by atoms with Crippen LogP contribution in [0.2, 0.25) is 0 Å². The van der Waals surface area contributed by atoms with Gasteiger partial charge in [-0.3, -0.25) is 0 Å². The van der Waals surface area contributed by atoms with E-state index in [-0.39, 0.29) is 0 Å². The normalized spacial score (nSPS) is 10.8. The number of rotatable bonds is 9. The minimum Gasteiger partial charge on any atom is -0.385 e. The van der Waals surface area contributed by atoms with Crippen LogP contribution in [0.15, 0.2) is 12.4 Å². The summed E-state index contributed by atoms with van der Waals surface area (Å²) in [6.45, 7) is 3.80. The van der Waals surface area contributed by atoms with Gasteiger partial charge >= 0.3 is 0 Å². The summed E-state index contributed by atoms with van der Waals surface area (Å²) >= 11 is 0. The molecule has 0 atom stereocenters. The van der Waals surface area contributed by atoms with Gasteiger partial charge in [-0.2, -0.15) is 0 Å². The lowest BCUT2D eigenvalue weighted by Gasteiger charge is -2.19. The Balaban J connectivity index is 2.43. The van der Waals surface area contributed by atoms with Crippen molar-refractivity contribution >= 4 is 5.95 Å². The molecule has 1 aromatic rings. The average Bonchev–Trinajstić information content (AvgIpc) is 2.78. The van der Waals surface area contributed by atoms with E-state index in [2.05, 4.69) is 26.8 Å². The topological polar surface area (TPSA) is 42.3 Å². The third-order valence-electron chi connectivity index (χ3n) is 2.70. The number of aryl methyl sites for hydroxylation is 1. The van der Waals surface area contributed by atoms with Gasteiger partial charge in [0.05, 0.1) is 0 Å². The third kappa shape index (κ3) is 4.75. The van der Waals surface area contributed by atoms with E-state index in [1.165, 1.54) is 0 Å². The standard InChI is InChI=1S/C12H24N4O/c1-13-6-4-8-15(2)12-14-7-10-16(12)9-5-11-17-3/h7,10,13H,4-6,8-9,11H2,1-3H3. The molecule has 0 spiro atoms. The first kappa shape index (κ1) is 14.0. The van der Waals surface area contributed by atoms with E-state index in [1.54, 1.807) is 7.11 Å². The number of nitrogens with zero attached hydrogens (tertiary/aromatic N) is 3. The summed E-state index contributed by atoms with van der Waals surface area (Å²) in [5.41, 5.74) is 0. The third-order valence-corrected chi connectivity index (χ3v) is 2.70. The molecule has 1 rings (SSSR count). The van der Waals surface area contributed by atoms with Crippen LogP contribution >= 0.6 is 0 Å². The van der Waals surface area contributed by atoms with Crippen molar-refractivity contribution in [1.82, 2.24) is 14.9 Å². The number of hydrogen-bond acceptors (Lipinski definition) is 4. The summed E-state index contributed by atoms with van der Waals surface area (Å²) < 4.78 is 7.24. The fourth-order valence-electron chi connectivity index (χ4n) is 1.79. The maximum atomic E-state index is 5.06. The Morgan fingerprint density at radius 3 is 3.00 bits per heavy atom. The molecule has 0 aliphatic carbocycles. The second-order valence-electron chi connectivity index (χ2n) is 4.15. The highest BCUT2D eigenvalue weighted by molar-refractivity contribution is 5.29. The number of nitrogens with one attached hydrogen (secondary N) is 1. The van der Waals surface area contributed by atoms with E-state index in [1.807, 2.05) is 19.4 Å². The van der Waals surface area contributed by atoms with Gasteiger partial charge in [0.25, 0.3) is 0 Å². The van der Waals surface area contributed by atoms with Crippen LogP contribution in [0.25, 0.3) is 0 Å². The van der Waals surface area contributed by atoms with E-state index in [0.717, 1.165) is 45.0 Å². The van der Waals surface area contributed by atoms with Crippen molar-refractivity contribution < 1.29 is 4.74 Å². The van der Waals surface area contributed by atoms with Crippen LogP contribution in [0.5, 0.6) is 0 Å². The molecule has 0 radical (unpaired) electrons. The molecule has 1 N–H and O–H groups in total. The van der Waals surface area contributed by atoms with E-state index in [9.17, 15) is 0 Å². The summed E-state index contributed by atoms with van der Waals surface area (Å²) in [5, 5.41) is 3.15. The van der Waals surface area contributed by atoms with Crippen molar-refractivity contribution in [2.24, 2.45) is 0 Å². The van der Waals surface area contributed by atoms with Crippen LogP contribution in [-0.2, 0) is 11.3 Å². The molecule has 0 unspecified atom stereocenters. The Kier molecular flexibility index (Phi) is 6.65. The highest BCUT2D eigenvalue weighted by Gasteiger charge is 2.07. The predicted octanol–water partition coefficient (Wildman–Crippen LogP) is 0.965. The Morgan fingerprint density at radius 2 is 2.29 bits per heavy atom. The van der Waals surface area contributed by atoms with Crippen molar-refractivity contribution in [3.8, 4) is 0 Å². The number of ether oxygens (including phenoxy) is 1. The summed E-state index contributed by atoms with van der Waals surface area (Å²) in [6.07, 6.45) is 6.03. The molecule has 0 amide bonds. The van der Waals surface area contributed by atoms with E-state index in [0.29, 0.717) is 0 Å². The molecule has 17 heavy (non-hydrogen) atoms. The average molecular weight is 240 g/mol. The Bertz CT molecular complexity index is 300. The van der Waals surface area contributed by atoms with Crippen LogP contribution < -0.4 is 10.2 Å². The molecule has 5 heteroatoms. The number of methoxy groups -OCH3 is 1. The molecule has 0 fully saturated rings.